The van der Waals surface area contributed by atoms with Crippen molar-refractivity contribution >= 4 is 22.7 Å². The minimum absolute atomic E-state index is 0.210. The molecule has 1 amide bonds. The topological polar surface area (TPSA) is 90.0 Å². The standard InChI is InChI=1S/C25H17FN4O3/c1-15-6-7-16(14-20(15)23(31)29-18-10-8-17(26)9-11-18)19-4-2-5-21-22(19)33-25(32)30(21)24-27-12-3-13-28-24/h2-14H,1H3,(H,29,31). The van der Waals surface area contributed by atoms with Gasteiger partial charge in [-0.05, 0) is 60.5 Å². The Balaban J connectivity index is 1.58. The minimum atomic E-state index is -0.606. The van der Waals surface area contributed by atoms with E-state index < -0.39 is 5.76 Å². The fraction of sp³-hybridized carbons (Fsp3) is 0.0400. The number of amides is 1. The average Bonchev–Trinajstić information content (AvgIpc) is 3.17. The number of carbonyl (C=O) groups is 1. The van der Waals surface area contributed by atoms with Crippen LogP contribution in [0.2, 0.25) is 0 Å². The van der Waals surface area contributed by atoms with E-state index >= 15 is 0 Å². The molecule has 0 aliphatic carbocycles. The Kier molecular flexibility index (Phi) is 5.02. The fourth-order valence-electron chi connectivity index (χ4n) is 3.63. The number of carbonyl (C=O) groups excluding carboxylic acids is 1. The van der Waals surface area contributed by atoms with E-state index in [1.165, 1.54) is 28.8 Å². The summed E-state index contributed by atoms with van der Waals surface area (Å²) in [6, 6.07) is 18.0. The van der Waals surface area contributed by atoms with Gasteiger partial charge in [0.1, 0.15) is 5.82 Å². The summed E-state index contributed by atoms with van der Waals surface area (Å²) in [5, 5.41) is 2.78. The number of anilines is 1. The first-order valence-corrected chi connectivity index (χ1v) is 10.1. The van der Waals surface area contributed by atoms with E-state index in [1.54, 1.807) is 36.7 Å². The summed E-state index contributed by atoms with van der Waals surface area (Å²) in [4.78, 5) is 33.8. The van der Waals surface area contributed by atoms with Gasteiger partial charge in [0.25, 0.3) is 5.91 Å². The van der Waals surface area contributed by atoms with Crippen molar-refractivity contribution in [2.45, 2.75) is 6.92 Å². The molecular weight excluding hydrogens is 423 g/mol. The molecule has 0 atom stereocenters. The van der Waals surface area contributed by atoms with Crippen molar-refractivity contribution in [1.82, 2.24) is 14.5 Å². The van der Waals surface area contributed by atoms with E-state index in [-0.39, 0.29) is 17.7 Å². The summed E-state index contributed by atoms with van der Waals surface area (Å²) in [5.74, 6) is -1.11. The largest absolute Gasteiger partial charge is 0.427 e. The van der Waals surface area contributed by atoms with Gasteiger partial charge in [-0.3, -0.25) is 4.79 Å². The predicted molar refractivity (Wildman–Crippen MR) is 122 cm³/mol. The Morgan fingerprint density at radius 2 is 1.76 bits per heavy atom. The lowest BCUT2D eigenvalue weighted by molar-refractivity contribution is 0.102. The third-order valence-corrected chi connectivity index (χ3v) is 5.25. The maximum absolute atomic E-state index is 13.2. The number of benzene rings is 3. The van der Waals surface area contributed by atoms with Crippen molar-refractivity contribution in [1.29, 1.82) is 0 Å². The third kappa shape index (κ3) is 3.78. The smallest absolute Gasteiger partial charge is 0.407 e. The highest BCUT2D eigenvalue weighted by Crippen LogP contribution is 2.30. The molecule has 3 aromatic carbocycles. The molecule has 0 radical (unpaired) electrons. The van der Waals surface area contributed by atoms with E-state index in [4.69, 9.17) is 4.42 Å². The molecule has 5 aromatic rings. The van der Waals surface area contributed by atoms with Crippen molar-refractivity contribution in [2.24, 2.45) is 0 Å². The summed E-state index contributed by atoms with van der Waals surface area (Å²) in [5.41, 5.74) is 3.93. The number of fused-ring (bicyclic) bond motifs is 1. The molecule has 0 aliphatic heterocycles. The van der Waals surface area contributed by atoms with Gasteiger partial charge in [0.15, 0.2) is 5.58 Å². The van der Waals surface area contributed by atoms with Gasteiger partial charge in [-0.15, -0.1) is 0 Å². The van der Waals surface area contributed by atoms with Crippen LogP contribution in [0.4, 0.5) is 10.1 Å². The van der Waals surface area contributed by atoms with E-state index in [0.717, 1.165) is 5.56 Å². The molecule has 8 heteroatoms. The zero-order chi connectivity index (χ0) is 22.9. The second-order valence-electron chi connectivity index (χ2n) is 7.40. The Hall–Kier alpha value is -4.59. The Labute approximate surface area is 187 Å². The molecule has 0 spiro atoms. The van der Waals surface area contributed by atoms with Crippen LogP contribution in [0.15, 0.2) is 88.3 Å². The summed E-state index contributed by atoms with van der Waals surface area (Å²) in [6.45, 7) is 1.83. The fourth-order valence-corrected chi connectivity index (χ4v) is 3.63. The zero-order valence-electron chi connectivity index (χ0n) is 17.4. The third-order valence-electron chi connectivity index (χ3n) is 5.25. The molecule has 2 aromatic heterocycles. The molecule has 1 N–H and O–H groups in total. The van der Waals surface area contributed by atoms with Crippen molar-refractivity contribution in [2.75, 3.05) is 5.32 Å². The molecule has 0 unspecified atom stereocenters. The molecule has 0 saturated heterocycles. The van der Waals surface area contributed by atoms with Crippen LogP contribution in [-0.2, 0) is 0 Å². The molecule has 5 rings (SSSR count). The Bertz CT molecular complexity index is 1540. The first-order valence-electron chi connectivity index (χ1n) is 10.1. The second-order valence-corrected chi connectivity index (χ2v) is 7.40. The van der Waals surface area contributed by atoms with Crippen molar-refractivity contribution in [3.05, 3.63) is 107 Å². The second kappa shape index (κ2) is 8.16. The van der Waals surface area contributed by atoms with E-state index in [1.807, 2.05) is 25.1 Å². The van der Waals surface area contributed by atoms with Gasteiger partial charge in [-0.25, -0.2) is 23.7 Å². The number of nitrogens with one attached hydrogen (secondary N) is 1. The molecule has 0 saturated carbocycles. The lowest BCUT2D eigenvalue weighted by atomic mass is 9.98. The predicted octanol–water partition coefficient (Wildman–Crippen LogP) is 4.74. The van der Waals surface area contributed by atoms with Crippen LogP contribution in [0.1, 0.15) is 15.9 Å². The van der Waals surface area contributed by atoms with Gasteiger partial charge < -0.3 is 9.73 Å². The molecule has 33 heavy (non-hydrogen) atoms. The molecular formula is C25H17FN4O3. The van der Waals surface area contributed by atoms with Crippen LogP contribution < -0.4 is 11.1 Å². The maximum Gasteiger partial charge on any atom is 0.427 e. The Morgan fingerprint density at radius 1 is 1.00 bits per heavy atom. The first-order chi connectivity index (χ1) is 16.0. The SMILES string of the molecule is Cc1ccc(-c2cccc3c2oc(=O)n3-c2ncccn2)cc1C(=O)Nc1ccc(F)cc1. The number of hydrogen-bond donors (Lipinski definition) is 1. The lowest BCUT2D eigenvalue weighted by Gasteiger charge is -2.10. The van der Waals surface area contributed by atoms with E-state index in [9.17, 15) is 14.0 Å². The number of nitrogens with zero attached hydrogens (tertiary/aromatic N) is 3. The van der Waals surface area contributed by atoms with Gasteiger partial charge in [-0.2, -0.15) is 0 Å². The molecule has 0 fully saturated rings. The van der Waals surface area contributed by atoms with Gasteiger partial charge in [-0.1, -0.05) is 24.3 Å². The van der Waals surface area contributed by atoms with Crippen LogP contribution in [0.25, 0.3) is 28.2 Å². The zero-order valence-corrected chi connectivity index (χ0v) is 17.4. The summed E-state index contributed by atoms with van der Waals surface area (Å²) in [7, 11) is 0. The minimum Gasteiger partial charge on any atom is -0.407 e. The quantitative estimate of drug-likeness (QED) is 0.436. The van der Waals surface area contributed by atoms with Crippen molar-refractivity contribution in [3.8, 4) is 17.1 Å². The molecule has 162 valence electrons. The number of para-hydroxylation sites is 1. The lowest BCUT2D eigenvalue weighted by Crippen LogP contribution is -2.14. The number of rotatable bonds is 4. The number of hydrogen-bond acceptors (Lipinski definition) is 5. The molecule has 0 aliphatic rings. The summed E-state index contributed by atoms with van der Waals surface area (Å²) < 4.78 is 20.0. The van der Waals surface area contributed by atoms with Crippen LogP contribution >= 0.6 is 0 Å². The maximum atomic E-state index is 13.2. The van der Waals surface area contributed by atoms with E-state index in [2.05, 4.69) is 15.3 Å². The number of oxazole rings is 1. The van der Waals surface area contributed by atoms with Gasteiger partial charge >= 0.3 is 5.76 Å². The van der Waals surface area contributed by atoms with Gasteiger partial charge in [0, 0.05) is 29.2 Å². The molecule has 2 heterocycles. The highest BCUT2D eigenvalue weighted by atomic mass is 19.1. The monoisotopic (exact) mass is 440 g/mol. The van der Waals surface area contributed by atoms with Crippen LogP contribution in [0.3, 0.4) is 0 Å². The van der Waals surface area contributed by atoms with Crippen LogP contribution in [-0.4, -0.2) is 20.4 Å². The number of aromatic nitrogens is 3. The Morgan fingerprint density at radius 3 is 2.52 bits per heavy atom. The summed E-state index contributed by atoms with van der Waals surface area (Å²) >= 11 is 0. The normalized spacial score (nSPS) is 11.0. The number of halogens is 1. The summed E-state index contributed by atoms with van der Waals surface area (Å²) in [6.07, 6.45) is 3.09. The van der Waals surface area contributed by atoms with Gasteiger partial charge in [0.2, 0.25) is 5.95 Å². The highest BCUT2D eigenvalue weighted by molar-refractivity contribution is 6.06. The van der Waals surface area contributed by atoms with Crippen molar-refractivity contribution in [3.63, 3.8) is 0 Å². The number of aryl methyl sites for hydroxylation is 1. The highest BCUT2D eigenvalue weighted by Gasteiger charge is 2.18. The van der Waals surface area contributed by atoms with Crippen LogP contribution in [0, 0.1) is 12.7 Å². The van der Waals surface area contributed by atoms with E-state index in [0.29, 0.717) is 33.5 Å². The average molecular weight is 440 g/mol. The van der Waals surface area contributed by atoms with Crippen LogP contribution in [0.5, 0.6) is 0 Å². The van der Waals surface area contributed by atoms with Crippen molar-refractivity contribution < 1.29 is 13.6 Å². The molecule has 7 nitrogen and oxygen atoms in total. The van der Waals surface area contributed by atoms with Gasteiger partial charge in [0.05, 0.1) is 5.52 Å². The molecule has 0 bridgehead atoms. The first kappa shape index (κ1) is 20.3.